The predicted molar refractivity (Wildman–Crippen MR) is 68.5 cm³/mol. The Morgan fingerprint density at radius 3 is 2.75 bits per heavy atom. The van der Waals surface area contributed by atoms with Crippen LogP contribution in [0.4, 0.5) is 0 Å². The van der Waals surface area contributed by atoms with Crippen molar-refractivity contribution in [3.8, 4) is 0 Å². The molecule has 0 aliphatic carbocycles. The topological polar surface area (TPSA) is 28.2 Å². The van der Waals surface area contributed by atoms with Crippen molar-refractivity contribution < 1.29 is 0 Å². The lowest BCUT2D eigenvalue weighted by atomic mass is 10.3. The van der Waals surface area contributed by atoms with Crippen molar-refractivity contribution >= 4 is 0 Å². The van der Waals surface area contributed by atoms with Crippen LogP contribution in [0.2, 0.25) is 0 Å². The van der Waals surface area contributed by atoms with E-state index in [2.05, 4.69) is 41.2 Å². The zero-order valence-corrected chi connectivity index (χ0v) is 10.7. The maximum Gasteiger partial charge on any atom is 0.0547 e. The molecule has 1 aromatic rings. The molecule has 0 aliphatic heterocycles. The minimum absolute atomic E-state index is 0.948. The van der Waals surface area contributed by atoms with Gasteiger partial charge in [0.25, 0.3) is 0 Å². The van der Waals surface area contributed by atoms with Crippen LogP contribution < -0.4 is 5.32 Å². The first-order valence-corrected chi connectivity index (χ1v) is 6.11. The van der Waals surface area contributed by atoms with E-state index < -0.39 is 0 Å². The average molecular weight is 221 g/mol. The van der Waals surface area contributed by atoms with Crippen LogP contribution in [0.3, 0.4) is 0 Å². The molecule has 0 fully saturated rings. The molecule has 1 N–H and O–H groups in total. The number of nitrogens with one attached hydrogen (secondary N) is 1. The Morgan fingerprint density at radius 2 is 2.12 bits per heavy atom. The van der Waals surface area contributed by atoms with Gasteiger partial charge in [-0.1, -0.05) is 19.9 Å². The smallest absolute Gasteiger partial charge is 0.0547 e. The maximum atomic E-state index is 4.53. The molecule has 0 amide bonds. The fraction of sp³-hybridized carbons (Fsp3) is 0.615. The number of likely N-dealkylation sites (N-methyl/N-ethyl adjacent to an activating group) is 2. The summed E-state index contributed by atoms with van der Waals surface area (Å²) in [6, 6.07) is 6.22. The second kappa shape index (κ2) is 7.36. The molecule has 1 heterocycles. The summed E-state index contributed by atoms with van der Waals surface area (Å²) in [4.78, 5) is 6.93. The summed E-state index contributed by atoms with van der Waals surface area (Å²) in [6.45, 7) is 11.6. The quantitative estimate of drug-likeness (QED) is 0.712. The standard InChI is InChI=1S/C13H23N3/c1-4-14-9-10-16(5-2)11-13-8-6-7-12(3)15-13/h6-8,14H,4-5,9-11H2,1-3H3. The normalized spacial score (nSPS) is 11.0. The van der Waals surface area contributed by atoms with Gasteiger partial charge >= 0.3 is 0 Å². The molecular weight excluding hydrogens is 198 g/mol. The van der Waals surface area contributed by atoms with Crippen molar-refractivity contribution in [2.24, 2.45) is 0 Å². The summed E-state index contributed by atoms with van der Waals surface area (Å²) < 4.78 is 0. The van der Waals surface area contributed by atoms with Crippen LogP contribution in [0.15, 0.2) is 18.2 Å². The Morgan fingerprint density at radius 1 is 1.31 bits per heavy atom. The number of rotatable bonds is 7. The first-order valence-electron chi connectivity index (χ1n) is 6.11. The molecule has 3 heteroatoms. The number of aromatic nitrogens is 1. The summed E-state index contributed by atoms with van der Waals surface area (Å²) >= 11 is 0. The van der Waals surface area contributed by atoms with E-state index in [1.54, 1.807) is 0 Å². The average Bonchev–Trinajstić information content (AvgIpc) is 2.28. The summed E-state index contributed by atoms with van der Waals surface area (Å²) in [7, 11) is 0. The number of hydrogen-bond donors (Lipinski definition) is 1. The molecular formula is C13H23N3. The third-order valence-electron chi connectivity index (χ3n) is 2.63. The van der Waals surface area contributed by atoms with Gasteiger partial charge in [0.2, 0.25) is 0 Å². The van der Waals surface area contributed by atoms with Crippen LogP contribution in [0.5, 0.6) is 0 Å². The second-order valence-corrected chi connectivity index (χ2v) is 3.99. The molecule has 0 radical (unpaired) electrons. The highest BCUT2D eigenvalue weighted by atomic mass is 15.1. The minimum atomic E-state index is 0.948. The van der Waals surface area contributed by atoms with Crippen molar-refractivity contribution in [2.45, 2.75) is 27.3 Å². The Bertz CT molecular complexity index is 299. The SMILES string of the molecule is CCNCCN(CC)Cc1cccc(C)n1. The van der Waals surface area contributed by atoms with Gasteiger partial charge < -0.3 is 5.32 Å². The van der Waals surface area contributed by atoms with Crippen molar-refractivity contribution in [3.05, 3.63) is 29.6 Å². The van der Waals surface area contributed by atoms with E-state index in [-0.39, 0.29) is 0 Å². The molecule has 90 valence electrons. The number of pyridine rings is 1. The highest BCUT2D eigenvalue weighted by Gasteiger charge is 2.03. The summed E-state index contributed by atoms with van der Waals surface area (Å²) in [6.07, 6.45) is 0. The fourth-order valence-electron chi connectivity index (χ4n) is 1.68. The second-order valence-electron chi connectivity index (χ2n) is 3.99. The summed E-state index contributed by atoms with van der Waals surface area (Å²) in [5, 5.41) is 3.35. The lowest BCUT2D eigenvalue weighted by molar-refractivity contribution is 0.276. The van der Waals surface area contributed by atoms with Gasteiger partial charge in [-0.3, -0.25) is 9.88 Å². The molecule has 0 atom stereocenters. The van der Waals surface area contributed by atoms with Crippen LogP contribution in [0.25, 0.3) is 0 Å². The Kier molecular flexibility index (Phi) is 6.04. The molecule has 0 unspecified atom stereocenters. The van der Waals surface area contributed by atoms with Gasteiger partial charge in [-0.25, -0.2) is 0 Å². The number of nitrogens with zero attached hydrogens (tertiary/aromatic N) is 2. The van der Waals surface area contributed by atoms with E-state index in [0.717, 1.165) is 38.4 Å². The first kappa shape index (κ1) is 13.1. The lowest BCUT2D eigenvalue weighted by Gasteiger charge is -2.20. The first-order chi connectivity index (χ1) is 7.76. The fourth-order valence-corrected chi connectivity index (χ4v) is 1.68. The van der Waals surface area contributed by atoms with Gasteiger partial charge in [-0.05, 0) is 32.1 Å². The molecule has 0 aliphatic rings. The van der Waals surface area contributed by atoms with Crippen molar-refractivity contribution in [3.63, 3.8) is 0 Å². The molecule has 16 heavy (non-hydrogen) atoms. The largest absolute Gasteiger partial charge is 0.316 e. The van der Waals surface area contributed by atoms with Crippen LogP contribution in [0, 0.1) is 6.92 Å². The van der Waals surface area contributed by atoms with Crippen LogP contribution >= 0.6 is 0 Å². The van der Waals surface area contributed by atoms with Gasteiger partial charge in [0, 0.05) is 25.3 Å². The van der Waals surface area contributed by atoms with E-state index in [1.807, 2.05) is 13.0 Å². The maximum absolute atomic E-state index is 4.53. The Labute approximate surface area is 98.9 Å². The van der Waals surface area contributed by atoms with Gasteiger partial charge in [-0.15, -0.1) is 0 Å². The van der Waals surface area contributed by atoms with E-state index in [1.165, 1.54) is 5.69 Å². The Balaban J connectivity index is 2.43. The minimum Gasteiger partial charge on any atom is -0.316 e. The number of hydrogen-bond acceptors (Lipinski definition) is 3. The predicted octanol–water partition coefficient (Wildman–Crippen LogP) is 1.82. The summed E-state index contributed by atoms with van der Waals surface area (Å²) in [5.74, 6) is 0. The molecule has 3 nitrogen and oxygen atoms in total. The highest BCUT2D eigenvalue weighted by molar-refractivity contribution is 5.09. The molecule has 0 aromatic carbocycles. The molecule has 0 bridgehead atoms. The van der Waals surface area contributed by atoms with Crippen LogP contribution in [0.1, 0.15) is 25.2 Å². The summed E-state index contributed by atoms with van der Waals surface area (Å²) in [5.41, 5.74) is 2.26. The monoisotopic (exact) mass is 221 g/mol. The molecule has 0 saturated carbocycles. The van der Waals surface area contributed by atoms with Gasteiger partial charge in [0.05, 0.1) is 5.69 Å². The van der Waals surface area contributed by atoms with E-state index in [4.69, 9.17) is 0 Å². The molecule has 1 rings (SSSR count). The third kappa shape index (κ3) is 4.73. The van der Waals surface area contributed by atoms with Gasteiger partial charge in [0.1, 0.15) is 0 Å². The molecule has 0 saturated heterocycles. The van der Waals surface area contributed by atoms with Crippen LogP contribution in [-0.2, 0) is 6.54 Å². The van der Waals surface area contributed by atoms with E-state index in [9.17, 15) is 0 Å². The highest BCUT2D eigenvalue weighted by Crippen LogP contribution is 2.02. The van der Waals surface area contributed by atoms with Crippen molar-refractivity contribution in [1.82, 2.24) is 15.2 Å². The van der Waals surface area contributed by atoms with E-state index >= 15 is 0 Å². The Hall–Kier alpha value is -0.930. The number of aryl methyl sites for hydroxylation is 1. The molecule has 1 aromatic heterocycles. The molecule has 0 spiro atoms. The van der Waals surface area contributed by atoms with Crippen molar-refractivity contribution in [1.29, 1.82) is 0 Å². The third-order valence-corrected chi connectivity index (χ3v) is 2.63. The lowest BCUT2D eigenvalue weighted by Crippen LogP contribution is -2.31. The van der Waals surface area contributed by atoms with Gasteiger partial charge in [0.15, 0.2) is 0 Å². The van der Waals surface area contributed by atoms with E-state index in [0.29, 0.717) is 0 Å². The zero-order chi connectivity index (χ0) is 11.8. The van der Waals surface area contributed by atoms with Crippen molar-refractivity contribution in [2.75, 3.05) is 26.2 Å². The van der Waals surface area contributed by atoms with Crippen LogP contribution in [-0.4, -0.2) is 36.1 Å². The van der Waals surface area contributed by atoms with Gasteiger partial charge in [-0.2, -0.15) is 0 Å². The zero-order valence-electron chi connectivity index (χ0n) is 10.7.